The van der Waals surface area contributed by atoms with Crippen molar-refractivity contribution in [3.63, 3.8) is 0 Å². The van der Waals surface area contributed by atoms with Crippen molar-refractivity contribution in [2.75, 3.05) is 0 Å². The van der Waals surface area contributed by atoms with Gasteiger partial charge in [0.1, 0.15) is 11.5 Å². The molecule has 0 radical (unpaired) electrons. The first-order valence-electron chi connectivity index (χ1n) is 7.45. The Morgan fingerprint density at radius 1 is 1.08 bits per heavy atom. The molecule has 0 fully saturated rings. The monoisotopic (exact) mass is 353 g/mol. The van der Waals surface area contributed by atoms with Crippen LogP contribution in [0.4, 0.5) is 4.39 Å². The van der Waals surface area contributed by atoms with Gasteiger partial charge in [0.25, 0.3) is 5.89 Å². The molecular weight excluding hydrogens is 341 g/mol. The van der Waals surface area contributed by atoms with Gasteiger partial charge in [0.2, 0.25) is 5.82 Å². The predicted molar refractivity (Wildman–Crippen MR) is 91.3 cm³/mol. The first-order valence-corrected chi connectivity index (χ1v) is 8.33. The lowest BCUT2D eigenvalue weighted by molar-refractivity contribution is 0.432. The molecule has 0 aromatic carbocycles. The van der Waals surface area contributed by atoms with Gasteiger partial charge in [0, 0.05) is 29.0 Å². The first kappa shape index (κ1) is 15.5. The Morgan fingerprint density at radius 2 is 1.96 bits per heavy atom. The number of nitrogens with zero attached hydrogens (tertiary/aromatic N) is 5. The maximum atomic E-state index is 13.8. The SMILES string of the molecule is Cc1csc(-c2nc(-c3cc(-c4cnc(C)c(F)c4)ccn3)no2)n1. The summed E-state index contributed by atoms with van der Waals surface area (Å²) in [5.41, 5.74) is 3.22. The van der Waals surface area contributed by atoms with E-state index in [1.165, 1.54) is 17.4 Å². The van der Waals surface area contributed by atoms with Gasteiger partial charge in [0.15, 0.2) is 5.01 Å². The smallest absolute Gasteiger partial charge is 0.287 e. The van der Waals surface area contributed by atoms with Crippen LogP contribution in [0.5, 0.6) is 0 Å². The number of aromatic nitrogens is 5. The van der Waals surface area contributed by atoms with E-state index in [1.54, 1.807) is 31.5 Å². The standard InChI is InChI=1S/C17H12FN5OS/c1-9-8-25-17(21-9)16-22-15(23-24-16)14-6-11(3-4-19-14)12-5-13(18)10(2)20-7-12/h3-8H,1-2H3. The molecule has 0 N–H and O–H groups in total. The van der Waals surface area contributed by atoms with Crippen molar-refractivity contribution < 1.29 is 8.91 Å². The van der Waals surface area contributed by atoms with Crippen LogP contribution in [0.3, 0.4) is 0 Å². The van der Waals surface area contributed by atoms with Crippen LogP contribution in [0.2, 0.25) is 0 Å². The summed E-state index contributed by atoms with van der Waals surface area (Å²) in [6.45, 7) is 3.52. The topological polar surface area (TPSA) is 77.6 Å². The lowest BCUT2D eigenvalue weighted by atomic mass is 10.1. The zero-order valence-electron chi connectivity index (χ0n) is 13.4. The maximum absolute atomic E-state index is 13.8. The summed E-state index contributed by atoms with van der Waals surface area (Å²) in [4.78, 5) is 17.0. The third-order valence-corrected chi connectivity index (χ3v) is 4.52. The fourth-order valence-electron chi connectivity index (χ4n) is 2.26. The van der Waals surface area contributed by atoms with E-state index in [4.69, 9.17) is 4.52 Å². The highest BCUT2D eigenvalue weighted by Crippen LogP contribution is 2.27. The Labute approximate surface area is 146 Å². The molecule has 0 spiro atoms. The van der Waals surface area contributed by atoms with E-state index in [0.717, 1.165) is 11.3 Å². The van der Waals surface area contributed by atoms with Crippen LogP contribution >= 0.6 is 11.3 Å². The van der Waals surface area contributed by atoms with Crippen molar-refractivity contribution in [1.29, 1.82) is 0 Å². The highest BCUT2D eigenvalue weighted by atomic mass is 32.1. The van der Waals surface area contributed by atoms with Gasteiger partial charge in [-0.3, -0.25) is 9.97 Å². The minimum absolute atomic E-state index is 0.350. The molecule has 6 nitrogen and oxygen atoms in total. The number of hydrogen-bond donors (Lipinski definition) is 0. The second kappa shape index (κ2) is 6.14. The highest BCUT2D eigenvalue weighted by molar-refractivity contribution is 7.13. The second-order valence-corrected chi connectivity index (χ2v) is 6.30. The first-order chi connectivity index (χ1) is 12.1. The van der Waals surface area contributed by atoms with Gasteiger partial charge in [-0.15, -0.1) is 11.3 Å². The second-order valence-electron chi connectivity index (χ2n) is 5.44. The van der Waals surface area contributed by atoms with Crippen LogP contribution in [0.1, 0.15) is 11.4 Å². The van der Waals surface area contributed by atoms with Crippen LogP contribution in [-0.2, 0) is 0 Å². The molecule has 0 saturated carbocycles. The Balaban J connectivity index is 1.70. The molecule has 0 saturated heterocycles. The lowest BCUT2D eigenvalue weighted by Crippen LogP contribution is -1.91. The van der Waals surface area contributed by atoms with Crippen LogP contribution < -0.4 is 0 Å². The molecule has 4 heterocycles. The summed E-state index contributed by atoms with van der Waals surface area (Å²) < 4.78 is 19.0. The van der Waals surface area contributed by atoms with Gasteiger partial charge < -0.3 is 4.52 Å². The molecule has 4 aromatic heterocycles. The van der Waals surface area contributed by atoms with E-state index in [-0.39, 0.29) is 5.82 Å². The molecule has 8 heteroatoms. The summed E-state index contributed by atoms with van der Waals surface area (Å²) in [6.07, 6.45) is 3.24. The molecule has 0 amide bonds. The summed E-state index contributed by atoms with van der Waals surface area (Å²) >= 11 is 1.44. The van der Waals surface area contributed by atoms with E-state index < -0.39 is 0 Å². The summed E-state index contributed by atoms with van der Waals surface area (Å²) in [6, 6.07) is 5.00. The number of rotatable bonds is 3. The van der Waals surface area contributed by atoms with Crippen molar-refractivity contribution in [3.8, 4) is 33.5 Å². The Bertz CT molecular complexity index is 1060. The number of pyridine rings is 2. The van der Waals surface area contributed by atoms with Gasteiger partial charge in [-0.1, -0.05) is 5.16 Å². The van der Waals surface area contributed by atoms with Crippen LogP contribution in [-0.4, -0.2) is 25.1 Å². The largest absolute Gasteiger partial charge is 0.331 e. The Kier molecular flexibility index (Phi) is 3.81. The summed E-state index contributed by atoms with van der Waals surface area (Å²) in [5.74, 6) is 0.352. The predicted octanol–water partition coefficient (Wildman–Crippen LogP) is 4.07. The van der Waals surface area contributed by atoms with E-state index >= 15 is 0 Å². The molecule has 4 rings (SSSR count). The van der Waals surface area contributed by atoms with Gasteiger partial charge in [-0.2, -0.15) is 4.98 Å². The average Bonchev–Trinajstić information content (AvgIpc) is 3.26. The average molecular weight is 353 g/mol. The molecule has 124 valence electrons. The molecule has 0 unspecified atom stereocenters. The fourth-order valence-corrected chi connectivity index (χ4v) is 2.98. The maximum Gasteiger partial charge on any atom is 0.287 e. The molecule has 4 aromatic rings. The Morgan fingerprint density at radius 3 is 2.72 bits per heavy atom. The van der Waals surface area contributed by atoms with Gasteiger partial charge in [0.05, 0.1) is 5.69 Å². The van der Waals surface area contributed by atoms with E-state index in [9.17, 15) is 4.39 Å². The van der Waals surface area contributed by atoms with Crippen molar-refractivity contribution in [2.45, 2.75) is 13.8 Å². The van der Waals surface area contributed by atoms with Gasteiger partial charge >= 0.3 is 0 Å². The van der Waals surface area contributed by atoms with Crippen LogP contribution in [0, 0.1) is 19.7 Å². The third kappa shape index (κ3) is 3.03. The number of hydrogen-bond acceptors (Lipinski definition) is 7. The molecule has 0 bridgehead atoms. The minimum Gasteiger partial charge on any atom is -0.331 e. The summed E-state index contributed by atoms with van der Waals surface area (Å²) in [5, 5.41) is 6.54. The molecule has 25 heavy (non-hydrogen) atoms. The van der Waals surface area contributed by atoms with E-state index in [0.29, 0.717) is 33.7 Å². The molecular formula is C17H12FN5OS. The number of aryl methyl sites for hydroxylation is 2. The van der Waals surface area contributed by atoms with E-state index in [1.807, 2.05) is 12.3 Å². The zero-order valence-corrected chi connectivity index (χ0v) is 14.2. The van der Waals surface area contributed by atoms with Crippen LogP contribution in [0.15, 0.2) is 40.5 Å². The van der Waals surface area contributed by atoms with E-state index in [2.05, 4.69) is 25.1 Å². The fraction of sp³-hybridized carbons (Fsp3) is 0.118. The third-order valence-electron chi connectivity index (χ3n) is 3.58. The number of thiazole rings is 1. The zero-order chi connectivity index (χ0) is 17.4. The van der Waals surface area contributed by atoms with Crippen molar-refractivity contribution in [3.05, 3.63) is 53.2 Å². The molecule has 0 atom stereocenters. The van der Waals surface area contributed by atoms with Crippen molar-refractivity contribution in [1.82, 2.24) is 25.1 Å². The highest BCUT2D eigenvalue weighted by Gasteiger charge is 2.15. The van der Waals surface area contributed by atoms with Gasteiger partial charge in [-0.05, 0) is 37.6 Å². The molecule has 0 aliphatic heterocycles. The summed E-state index contributed by atoms with van der Waals surface area (Å²) in [7, 11) is 0. The van der Waals surface area contributed by atoms with Crippen molar-refractivity contribution in [2.24, 2.45) is 0 Å². The van der Waals surface area contributed by atoms with Crippen molar-refractivity contribution >= 4 is 11.3 Å². The number of halogens is 1. The lowest BCUT2D eigenvalue weighted by Gasteiger charge is -2.03. The normalized spacial score (nSPS) is 11.0. The van der Waals surface area contributed by atoms with Crippen LogP contribution in [0.25, 0.3) is 33.5 Å². The Hall–Kier alpha value is -3.00. The minimum atomic E-state index is -0.350. The molecule has 0 aliphatic rings. The van der Waals surface area contributed by atoms with Gasteiger partial charge in [-0.25, -0.2) is 9.37 Å². The quantitative estimate of drug-likeness (QED) is 0.552. The molecule has 0 aliphatic carbocycles.